The number of rotatable bonds is 6. The Labute approximate surface area is 137 Å². The van der Waals surface area contributed by atoms with E-state index in [1.54, 1.807) is 0 Å². The molecule has 0 aliphatic carbocycles. The van der Waals surface area contributed by atoms with Crippen molar-refractivity contribution in [3.63, 3.8) is 0 Å². The summed E-state index contributed by atoms with van der Waals surface area (Å²) in [7, 11) is 0. The van der Waals surface area contributed by atoms with E-state index < -0.39 is 0 Å². The second-order valence-corrected chi connectivity index (χ2v) is 5.75. The Morgan fingerprint density at radius 2 is 1.52 bits per heavy atom. The van der Waals surface area contributed by atoms with Gasteiger partial charge in [-0.1, -0.05) is 49.4 Å². The zero-order chi connectivity index (χ0) is 16.1. The van der Waals surface area contributed by atoms with Crippen LogP contribution in [0.4, 0.5) is 0 Å². The summed E-state index contributed by atoms with van der Waals surface area (Å²) < 4.78 is 11.8. The fourth-order valence-corrected chi connectivity index (χ4v) is 2.54. The summed E-state index contributed by atoms with van der Waals surface area (Å²) in [5.74, 6) is 1.76. The molecule has 3 aromatic carbocycles. The zero-order valence-corrected chi connectivity index (χ0v) is 13.7. The van der Waals surface area contributed by atoms with E-state index >= 15 is 0 Å². The lowest BCUT2D eigenvalue weighted by Crippen LogP contribution is -2.21. The largest absolute Gasteiger partial charge is 0.490 e. The molecule has 0 heterocycles. The number of aryl methyl sites for hydroxylation is 1. The number of hydrogen-bond acceptors (Lipinski definition) is 2. The lowest BCUT2D eigenvalue weighted by molar-refractivity contribution is 0.143. The molecule has 0 saturated heterocycles. The van der Waals surface area contributed by atoms with Crippen LogP contribution in [0.2, 0.25) is 0 Å². The fourth-order valence-electron chi connectivity index (χ4n) is 2.54. The van der Waals surface area contributed by atoms with Crippen LogP contribution in [0.1, 0.15) is 19.4 Å². The van der Waals surface area contributed by atoms with E-state index in [1.165, 1.54) is 16.3 Å². The molecule has 2 heteroatoms. The van der Waals surface area contributed by atoms with Crippen molar-refractivity contribution >= 4 is 10.8 Å². The van der Waals surface area contributed by atoms with Gasteiger partial charge in [-0.05, 0) is 53.9 Å². The fraction of sp³-hybridized carbons (Fsp3) is 0.238. The van der Waals surface area contributed by atoms with E-state index in [0.717, 1.165) is 17.9 Å². The van der Waals surface area contributed by atoms with Gasteiger partial charge in [-0.15, -0.1) is 0 Å². The Bertz CT molecular complexity index is 762. The number of fused-ring (bicyclic) bond motifs is 1. The maximum Gasteiger partial charge on any atom is 0.130 e. The van der Waals surface area contributed by atoms with Gasteiger partial charge in [0, 0.05) is 0 Å². The standard InChI is InChI=1S/C21H22O2/c1-3-17-8-11-20(12-9-17)23-16(2)15-22-21-13-10-18-6-4-5-7-19(18)14-21/h4-14,16H,3,15H2,1-2H3. The highest BCUT2D eigenvalue weighted by Gasteiger charge is 2.06. The summed E-state index contributed by atoms with van der Waals surface area (Å²) in [5, 5.41) is 2.41. The third-order valence-electron chi connectivity index (χ3n) is 3.87. The molecule has 0 amide bonds. The second-order valence-electron chi connectivity index (χ2n) is 5.75. The molecule has 0 aromatic heterocycles. The van der Waals surface area contributed by atoms with Crippen LogP contribution in [-0.2, 0) is 6.42 Å². The van der Waals surface area contributed by atoms with Gasteiger partial charge < -0.3 is 9.47 Å². The van der Waals surface area contributed by atoms with Gasteiger partial charge in [0.1, 0.15) is 24.2 Å². The Morgan fingerprint density at radius 1 is 0.826 bits per heavy atom. The van der Waals surface area contributed by atoms with Gasteiger partial charge in [0.2, 0.25) is 0 Å². The van der Waals surface area contributed by atoms with Gasteiger partial charge >= 0.3 is 0 Å². The molecular formula is C21H22O2. The third-order valence-corrected chi connectivity index (χ3v) is 3.87. The molecule has 3 aromatic rings. The summed E-state index contributed by atoms with van der Waals surface area (Å²) in [6.07, 6.45) is 1.04. The molecule has 23 heavy (non-hydrogen) atoms. The van der Waals surface area contributed by atoms with Gasteiger partial charge in [-0.2, -0.15) is 0 Å². The highest BCUT2D eigenvalue weighted by Crippen LogP contribution is 2.21. The minimum Gasteiger partial charge on any atom is -0.490 e. The van der Waals surface area contributed by atoms with Gasteiger partial charge in [0.25, 0.3) is 0 Å². The molecule has 0 fully saturated rings. The van der Waals surface area contributed by atoms with Gasteiger partial charge in [0.05, 0.1) is 0 Å². The van der Waals surface area contributed by atoms with E-state index in [4.69, 9.17) is 9.47 Å². The van der Waals surface area contributed by atoms with E-state index in [1.807, 2.05) is 37.3 Å². The molecule has 0 N–H and O–H groups in total. The minimum absolute atomic E-state index is 0.00560. The number of ether oxygens (including phenoxy) is 2. The summed E-state index contributed by atoms with van der Waals surface area (Å²) in [6.45, 7) is 4.69. The normalized spacial score (nSPS) is 12.1. The topological polar surface area (TPSA) is 18.5 Å². The third kappa shape index (κ3) is 4.04. The molecule has 118 valence electrons. The van der Waals surface area contributed by atoms with Crippen LogP contribution in [0.5, 0.6) is 11.5 Å². The van der Waals surface area contributed by atoms with Crippen molar-refractivity contribution in [1.82, 2.24) is 0 Å². The summed E-state index contributed by atoms with van der Waals surface area (Å²) in [4.78, 5) is 0. The second kappa shape index (κ2) is 7.19. The Morgan fingerprint density at radius 3 is 2.26 bits per heavy atom. The van der Waals surface area contributed by atoms with E-state index in [0.29, 0.717) is 6.61 Å². The average molecular weight is 306 g/mol. The molecule has 1 atom stereocenters. The quantitative estimate of drug-likeness (QED) is 0.619. The van der Waals surface area contributed by atoms with Crippen LogP contribution < -0.4 is 9.47 Å². The lowest BCUT2D eigenvalue weighted by Gasteiger charge is -2.16. The average Bonchev–Trinajstić information content (AvgIpc) is 2.60. The van der Waals surface area contributed by atoms with Crippen molar-refractivity contribution in [2.24, 2.45) is 0 Å². The smallest absolute Gasteiger partial charge is 0.130 e. The zero-order valence-electron chi connectivity index (χ0n) is 13.7. The van der Waals surface area contributed by atoms with Crippen LogP contribution in [0, 0.1) is 0 Å². The van der Waals surface area contributed by atoms with Crippen LogP contribution in [0.25, 0.3) is 10.8 Å². The van der Waals surface area contributed by atoms with Crippen molar-refractivity contribution in [2.45, 2.75) is 26.4 Å². The van der Waals surface area contributed by atoms with Crippen molar-refractivity contribution in [2.75, 3.05) is 6.61 Å². The highest BCUT2D eigenvalue weighted by atomic mass is 16.5. The molecule has 0 aliphatic heterocycles. The molecule has 0 bridgehead atoms. The van der Waals surface area contributed by atoms with Gasteiger partial charge in [-0.25, -0.2) is 0 Å². The van der Waals surface area contributed by atoms with Gasteiger partial charge in [0.15, 0.2) is 0 Å². The first-order chi connectivity index (χ1) is 11.2. The Balaban J connectivity index is 1.57. The van der Waals surface area contributed by atoms with Gasteiger partial charge in [-0.3, -0.25) is 0 Å². The summed E-state index contributed by atoms with van der Waals surface area (Å²) in [5.41, 5.74) is 1.32. The summed E-state index contributed by atoms with van der Waals surface area (Å²) >= 11 is 0. The maximum atomic E-state index is 5.90. The monoisotopic (exact) mass is 306 g/mol. The van der Waals surface area contributed by atoms with E-state index in [-0.39, 0.29) is 6.10 Å². The van der Waals surface area contributed by atoms with Crippen molar-refractivity contribution < 1.29 is 9.47 Å². The van der Waals surface area contributed by atoms with Crippen LogP contribution in [0.3, 0.4) is 0 Å². The van der Waals surface area contributed by atoms with Crippen LogP contribution in [-0.4, -0.2) is 12.7 Å². The molecule has 0 aliphatic rings. The molecule has 0 saturated carbocycles. The lowest BCUT2D eigenvalue weighted by atomic mass is 10.1. The van der Waals surface area contributed by atoms with Crippen LogP contribution in [0.15, 0.2) is 66.7 Å². The predicted octanol–water partition coefficient (Wildman–Crippen LogP) is 5.25. The van der Waals surface area contributed by atoms with Crippen molar-refractivity contribution in [3.8, 4) is 11.5 Å². The summed E-state index contributed by atoms with van der Waals surface area (Å²) in [6, 6.07) is 22.7. The number of benzene rings is 3. The maximum absolute atomic E-state index is 5.90. The first-order valence-corrected chi connectivity index (χ1v) is 8.12. The predicted molar refractivity (Wildman–Crippen MR) is 95.4 cm³/mol. The SMILES string of the molecule is CCc1ccc(OC(C)COc2ccc3ccccc3c2)cc1. The van der Waals surface area contributed by atoms with Crippen molar-refractivity contribution in [1.29, 1.82) is 0 Å². The van der Waals surface area contributed by atoms with E-state index in [9.17, 15) is 0 Å². The Hall–Kier alpha value is -2.48. The highest BCUT2D eigenvalue weighted by molar-refractivity contribution is 5.83. The molecular weight excluding hydrogens is 284 g/mol. The molecule has 3 rings (SSSR count). The van der Waals surface area contributed by atoms with Crippen molar-refractivity contribution in [3.05, 3.63) is 72.3 Å². The Kier molecular flexibility index (Phi) is 4.82. The number of hydrogen-bond donors (Lipinski definition) is 0. The molecule has 1 unspecified atom stereocenters. The first-order valence-electron chi connectivity index (χ1n) is 8.12. The molecule has 2 nitrogen and oxygen atoms in total. The molecule has 0 radical (unpaired) electrons. The minimum atomic E-state index is -0.00560. The molecule has 0 spiro atoms. The van der Waals surface area contributed by atoms with E-state index in [2.05, 4.69) is 43.3 Å². The first kappa shape index (κ1) is 15.4. The van der Waals surface area contributed by atoms with Crippen LogP contribution >= 0.6 is 0 Å².